The second kappa shape index (κ2) is 3.97. The van der Waals surface area contributed by atoms with Crippen LogP contribution in [-0.4, -0.2) is 10.9 Å². The summed E-state index contributed by atoms with van der Waals surface area (Å²) < 4.78 is 0. The van der Waals surface area contributed by atoms with Crippen molar-refractivity contribution in [2.45, 2.75) is 9.79 Å². The van der Waals surface area contributed by atoms with Crippen LogP contribution in [0.4, 0.5) is 0 Å². The zero-order chi connectivity index (χ0) is 10.3. The summed E-state index contributed by atoms with van der Waals surface area (Å²) in [5.74, 6) is 0.199. The minimum atomic E-state index is 0.199. The van der Waals surface area contributed by atoms with Gasteiger partial charge in [0.2, 0.25) is 5.78 Å². The molecule has 0 spiro atoms. The Morgan fingerprint density at radius 1 is 0.933 bits per heavy atom. The molecule has 0 N–H and O–H groups in total. The average molecular weight is 270 g/mol. The van der Waals surface area contributed by atoms with Crippen LogP contribution in [0, 0.1) is 0 Å². The molecule has 0 aromatic carbocycles. The van der Waals surface area contributed by atoms with Gasteiger partial charge in [0.15, 0.2) is 0 Å². The first-order chi connectivity index (χ1) is 7.36. The molecule has 3 rings (SSSR count). The molecule has 0 amide bonds. The van der Waals surface area contributed by atoms with Gasteiger partial charge in [0.05, 0.1) is 9.75 Å². The third-order valence-corrected chi connectivity index (χ3v) is 6.43. The van der Waals surface area contributed by atoms with Crippen molar-refractivity contribution in [3.05, 3.63) is 32.6 Å². The van der Waals surface area contributed by atoms with Gasteiger partial charge in [0.1, 0.15) is 0 Å². The second-order valence-electron chi connectivity index (χ2n) is 2.96. The molecule has 0 aliphatic carbocycles. The molecule has 1 aliphatic rings. The first-order valence-electron chi connectivity index (χ1n) is 4.31. The third kappa shape index (κ3) is 1.67. The summed E-state index contributed by atoms with van der Waals surface area (Å²) in [5, 5.41) is 4.98. The van der Waals surface area contributed by atoms with E-state index in [1.165, 1.54) is 0 Å². The second-order valence-corrected chi connectivity index (χ2v) is 7.20. The van der Waals surface area contributed by atoms with Crippen LogP contribution >= 0.6 is 46.2 Å². The molecule has 2 aromatic heterocycles. The highest BCUT2D eigenvalue weighted by Gasteiger charge is 2.22. The lowest BCUT2D eigenvalue weighted by Gasteiger charge is -2.08. The van der Waals surface area contributed by atoms with E-state index >= 15 is 0 Å². The number of rotatable bonds is 0. The smallest absolute Gasteiger partial charge is 0.215 e. The molecule has 0 atom stereocenters. The molecule has 0 saturated heterocycles. The number of thiophene rings is 2. The quantitative estimate of drug-likeness (QED) is 0.714. The monoisotopic (exact) mass is 270 g/mol. The summed E-state index contributed by atoms with van der Waals surface area (Å²) in [5.41, 5.74) is 0. The predicted octanol–water partition coefficient (Wildman–Crippen LogP) is 4.20. The molecule has 1 aliphatic heterocycles. The third-order valence-electron chi connectivity index (χ3n) is 2.10. The van der Waals surface area contributed by atoms with Crippen molar-refractivity contribution < 1.29 is 4.79 Å². The van der Waals surface area contributed by atoms with E-state index in [1.54, 1.807) is 46.2 Å². The summed E-state index contributed by atoms with van der Waals surface area (Å²) in [7, 11) is 0. The molecular weight excluding hydrogens is 264 g/mol. The van der Waals surface area contributed by atoms with Crippen LogP contribution in [0.1, 0.15) is 14.5 Å². The maximum absolute atomic E-state index is 12.2. The van der Waals surface area contributed by atoms with E-state index in [0.717, 1.165) is 24.6 Å². The molecule has 0 radical (unpaired) electrons. The normalized spacial score (nSPS) is 15.3. The fourth-order valence-electron chi connectivity index (χ4n) is 1.41. The fourth-order valence-corrected chi connectivity index (χ4v) is 5.79. The molecule has 0 bridgehead atoms. The van der Waals surface area contributed by atoms with Gasteiger partial charge in [0.25, 0.3) is 0 Å². The number of thioether (sulfide) groups is 2. The van der Waals surface area contributed by atoms with Gasteiger partial charge in [-0.15, -0.1) is 46.2 Å². The van der Waals surface area contributed by atoms with Gasteiger partial charge < -0.3 is 0 Å². The van der Waals surface area contributed by atoms with Crippen molar-refractivity contribution in [1.82, 2.24) is 0 Å². The van der Waals surface area contributed by atoms with Gasteiger partial charge in [0, 0.05) is 14.9 Å². The Labute approximate surface area is 104 Å². The minimum Gasteiger partial charge on any atom is -0.287 e. The SMILES string of the molecule is O=C1c2sccc2SCSc2ccsc21. The van der Waals surface area contributed by atoms with Crippen LogP contribution in [0.25, 0.3) is 0 Å². The molecule has 2 aromatic rings. The van der Waals surface area contributed by atoms with Crippen molar-refractivity contribution in [1.29, 1.82) is 0 Å². The predicted molar refractivity (Wildman–Crippen MR) is 68.7 cm³/mol. The molecule has 3 heterocycles. The lowest BCUT2D eigenvalue weighted by atomic mass is 10.3. The summed E-state index contributed by atoms with van der Waals surface area (Å²) in [6.07, 6.45) is 0. The molecule has 76 valence electrons. The summed E-state index contributed by atoms with van der Waals surface area (Å²) in [6.45, 7) is 0. The first kappa shape index (κ1) is 9.96. The fraction of sp³-hybridized carbons (Fsp3) is 0.100. The van der Waals surface area contributed by atoms with Crippen LogP contribution in [-0.2, 0) is 0 Å². The lowest BCUT2D eigenvalue weighted by Crippen LogP contribution is -2.00. The van der Waals surface area contributed by atoms with E-state index in [4.69, 9.17) is 0 Å². The summed E-state index contributed by atoms with van der Waals surface area (Å²) in [6, 6.07) is 4.09. The van der Waals surface area contributed by atoms with Crippen molar-refractivity contribution in [3.63, 3.8) is 0 Å². The Morgan fingerprint density at radius 2 is 1.47 bits per heavy atom. The van der Waals surface area contributed by atoms with Crippen LogP contribution in [0.2, 0.25) is 0 Å². The standard InChI is InChI=1S/C10H6OS4/c11-8-9-6(1-3-12-9)14-5-15-7-2-4-13-10(7)8/h1-4H,5H2. The molecule has 0 unspecified atom stereocenters. The van der Waals surface area contributed by atoms with Crippen LogP contribution in [0.15, 0.2) is 32.7 Å². The Bertz CT molecular complexity index is 467. The summed E-state index contributed by atoms with van der Waals surface area (Å²) >= 11 is 6.62. The van der Waals surface area contributed by atoms with Crippen LogP contribution < -0.4 is 0 Å². The molecule has 5 heteroatoms. The van der Waals surface area contributed by atoms with Gasteiger partial charge >= 0.3 is 0 Å². The first-order valence-corrected chi connectivity index (χ1v) is 8.04. The highest BCUT2D eigenvalue weighted by molar-refractivity contribution is 8.16. The van der Waals surface area contributed by atoms with Crippen LogP contribution in [0.3, 0.4) is 0 Å². The number of carbonyl (C=O) groups is 1. The molecular formula is C10H6OS4. The van der Waals surface area contributed by atoms with Crippen molar-refractivity contribution in [3.8, 4) is 0 Å². The Hall–Kier alpha value is -0.230. The minimum absolute atomic E-state index is 0.199. The van der Waals surface area contributed by atoms with E-state index in [1.807, 2.05) is 22.9 Å². The molecule has 0 fully saturated rings. The van der Waals surface area contributed by atoms with Crippen LogP contribution in [0.5, 0.6) is 0 Å². The van der Waals surface area contributed by atoms with E-state index in [2.05, 4.69) is 0 Å². The van der Waals surface area contributed by atoms with E-state index in [-0.39, 0.29) is 5.78 Å². The van der Waals surface area contributed by atoms with Crippen molar-refractivity contribution in [2.75, 3.05) is 5.08 Å². The number of carbonyl (C=O) groups excluding carboxylic acids is 1. The van der Waals surface area contributed by atoms with Gasteiger partial charge in [-0.05, 0) is 22.9 Å². The highest BCUT2D eigenvalue weighted by Crippen LogP contribution is 2.40. The summed E-state index contributed by atoms with van der Waals surface area (Å²) in [4.78, 5) is 16.3. The van der Waals surface area contributed by atoms with Gasteiger partial charge in [-0.25, -0.2) is 0 Å². The number of hydrogen-bond acceptors (Lipinski definition) is 5. The molecule has 0 saturated carbocycles. The Kier molecular flexibility index (Phi) is 2.64. The number of fused-ring (bicyclic) bond motifs is 2. The largest absolute Gasteiger partial charge is 0.287 e. The van der Waals surface area contributed by atoms with Crippen molar-refractivity contribution >= 4 is 52.0 Å². The zero-order valence-electron chi connectivity index (χ0n) is 7.56. The van der Waals surface area contributed by atoms with E-state index in [9.17, 15) is 4.79 Å². The van der Waals surface area contributed by atoms with Gasteiger partial charge in [-0.1, -0.05) is 0 Å². The molecule has 15 heavy (non-hydrogen) atoms. The number of hydrogen-bond donors (Lipinski definition) is 0. The average Bonchev–Trinajstić information content (AvgIpc) is 2.83. The molecule has 1 nitrogen and oxygen atoms in total. The maximum Gasteiger partial charge on any atom is 0.215 e. The Balaban J connectivity index is 2.17. The zero-order valence-corrected chi connectivity index (χ0v) is 10.8. The van der Waals surface area contributed by atoms with Crippen molar-refractivity contribution in [2.24, 2.45) is 0 Å². The Morgan fingerprint density at radius 3 is 2.00 bits per heavy atom. The van der Waals surface area contributed by atoms with Gasteiger partial charge in [-0.3, -0.25) is 4.79 Å². The lowest BCUT2D eigenvalue weighted by molar-refractivity contribution is 0.104. The highest BCUT2D eigenvalue weighted by atomic mass is 32.2. The van der Waals surface area contributed by atoms with Gasteiger partial charge in [-0.2, -0.15) is 0 Å². The van der Waals surface area contributed by atoms with E-state index < -0.39 is 0 Å². The van der Waals surface area contributed by atoms with E-state index in [0.29, 0.717) is 0 Å². The maximum atomic E-state index is 12.2. The number of ketones is 1. The topological polar surface area (TPSA) is 17.1 Å².